The largest absolute Gasteiger partial charge is 0.388 e. The molecule has 1 aromatic heterocycles. The van der Waals surface area contributed by atoms with Gasteiger partial charge in [0.25, 0.3) is 0 Å². The van der Waals surface area contributed by atoms with Crippen LogP contribution < -0.4 is 5.32 Å². The molecule has 0 aliphatic heterocycles. The summed E-state index contributed by atoms with van der Waals surface area (Å²) in [6.45, 7) is 0.463. The minimum atomic E-state index is -0.552. The fourth-order valence-corrected chi connectivity index (χ4v) is 2.79. The van der Waals surface area contributed by atoms with Crippen molar-refractivity contribution in [1.29, 1.82) is 0 Å². The third kappa shape index (κ3) is 4.02. The number of nitrogens with one attached hydrogen (secondary N) is 1. The zero-order valence-electron chi connectivity index (χ0n) is 13.2. The highest BCUT2D eigenvalue weighted by atomic mass is 35.5. The molecule has 1 fully saturated rings. The van der Waals surface area contributed by atoms with E-state index in [9.17, 15) is 9.90 Å². The molecule has 1 atom stereocenters. The lowest BCUT2D eigenvalue weighted by Crippen LogP contribution is -2.32. The first kappa shape index (κ1) is 16.7. The number of amides is 1. The number of hydrogen-bond donors (Lipinski definition) is 2. The summed E-state index contributed by atoms with van der Waals surface area (Å²) in [5, 5.41) is 13.9. The van der Waals surface area contributed by atoms with Gasteiger partial charge in [-0.2, -0.15) is 0 Å². The summed E-state index contributed by atoms with van der Waals surface area (Å²) in [4.78, 5) is 15.9. The lowest BCUT2D eigenvalue weighted by Gasteiger charge is -2.22. The Kier molecular flexibility index (Phi) is 4.97. The molecular weight excluding hydrogens is 324 g/mol. The van der Waals surface area contributed by atoms with E-state index >= 15 is 0 Å². The minimum absolute atomic E-state index is 0.184. The molecule has 1 unspecified atom stereocenters. The van der Waals surface area contributed by atoms with Gasteiger partial charge in [0.15, 0.2) is 0 Å². The summed E-state index contributed by atoms with van der Waals surface area (Å²) < 4.78 is 0. The molecule has 4 nitrogen and oxygen atoms in total. The summed E-state index contributed by atoms with van der Waals surface area (Å²) in [7, 11) is 0. The number of pyridine rings is 1. The lowest BCUT2D eigenvalue weighted by atomic mass is 9.92. The second-order valence-corrected chi connectivity index (χ2v) is 6.53. The smallest absolute Gasteiger partial charge is 0.244 e. The van der Waals surface area contributed by atoms with E-state index in [4.69, 9.17) is 11.6 Å². The number of hydrogen-bond acceptors (Lipinski definition) is 3. The number of aliphatic hydroxyl groups is 1. The molecule has 1 saturated carbocycles. The Labute approximate surface area is 146 Å². The molecule has 24 heavy (non-hydrogen) atoms. The Hall–Kier alpha value is -2.17. The van der Waals surface area contributed by atoms with Crippen LogP contribution in [0.4, 0.5) is 0 Å². The lowest BCUT2D eigenvalue weighted by molar-refractivity contribution is -0.116. The third-order valence-corrected chi connectivity index (χ3v) is 4.60. The summed E-state index contributed by atoms with van der Waals surface area (Å²) >= 11 is 5.72. The van der Waals surface area contributed by atoms with Gasteiger partial charge in [0, 0.05) is 24.2 Å². The van der Waals surface area contributed by atoms with Gasteiger partial charge in [-0.05, 0) is 36.1 Å². The van der Waals surface area contributed by atoms with E-state index in [2.05, 4.69) is 10.3 Å². The number of rotatable bonds is 6. The van der Waals surface area contributed by atoms with Gasteiger partial charge in [-0.15, -0.1) is 0 Å². The van der Waals surface area contributed by atoms with E-state index in [1.807, 2.05) is 30.3 Å². The van der Waals surface area contributed by atoms with Crippen molar-refractivity contribution in [1.82, 2.24) is 10.3 Å². The molecule has 1 aromatic carbocycles. The predicted molar refractivity (Wildman–Crippen MR) is 94.4 cm³/mol. The van der Waals surface area contributed by atoms with Crippen LogP contribution in [-0.4, -0.2) is 22.5 Å². The van der Waals surface area contributed by atoms with Crippen LogP contribution in [0, 0.1) is 5.41 Å². The standard InChI is InChI=1S/C19H19ClN2O2/c20-16-8-6-14(12-21-16)7-9-17(23)22-13-19(10-11-19)18(24)15-4-2-1-3-5-15/h1-9,12,18,24H,10-11,13H2,(H,22,23)/b9-7+. The van der Waals surface area contributed by atoms with E-state index < -0.39 is 6.10 Å². The maximum atomic E-state index is 12.0. The number of nitrogens with zero attached hydrogens (tertiary/aromatic N) is 1. The van der Waals surface area contributed by atoms with Gasteiger partial charge in [-0.1, -0.05) is 48.0 Å². The van der Waals surface area contributed by atoms with E-state index in [0.29, 0.717) is 11.7 Å². The normalized spacial score (nSPS) is 16.8. The van der Waals surface area contributed by atoms with Crippen molar-refractivity contribution >= 4 is 23.6 Å². The number of aromatic nitrogens is 1. The summed E-state index contributed by atoms with van der Waals surface area (Å²) in [5.74, 6) is -0.184. The van der Waals surface area contributed by atoms with Crippen molar-refractivity contribution in [2.45, 2.75) is 18.9 Å². The number of carbonyl (C=O) groups is 1. The zero-order chi connectivity index (χ0) is 17.0. The number of halogens is 1. The number of benzene rings is 1. The summed E-state index contributed by atoms with van der Waals surface area (Å²) in [5.41, 5.74) is 1.46. The zero-order valence-corrected chi connectivity index (χ0v) is 13.9. The number of aliphatic hydroxyl groups excluding tert-OH is 1. The first-order valence-corrected chi connectivity index (χ1v) is 8.27. The Balaban J connectivity index is 1.55. The maximum Gasteiger partial charge on any atom is 0.244 e. The Morgan fingerprint density at radius 1 is 1.29 bits per heavy atom. The van der Waals surface area contributed by atoms with Crippen molar-refractivity contribution in [3.63, 3.8) is 0 Å². The van der Waals surface area contributed by atoms with Gasteiger partial charge in [0.2, 0.25) is 5.91 Å². The minimum Gasteiger partial charge on any atom is -0.388 e. The van der Waals surface area contributed by atoms with E-state index in [0.717, 1.165) is 24.0 Å². The van der Waals surface area contributed by atoms with Crippen LogP contribution in [0.1, 0.15) is 30.1 Å². The van der Waals surface area contributed by atoms with E-state index in [-0.39, 0.29) is 11.3 Å². The molecule has 1 aliphatic carbocycles. The Morgan fingerprint density at radius 3 is 2.67 bits per heavy atom. The van der Waals surface area contributed by atoms with Crippen LogP contribution in [0.2, 0.25) is 5.15 Å². The van der Waals surface area contributed by atoms with Crippen LogP contribution in [0.25, 0.3) is 6.08 Å². The Bertz CT molecular complexity index is 725. The van der Waals surface area contributed by atoms with Gasteiger partial charge >= 0.3 is 0 Å². The van der Waals surface area contributed by atoms with Crippen LogP contribution in [0.15, 0.2) is 54.7 Å². The second kappa shape index (κ2) is 7.16. The van der Waals surface area contributed by atoms with Crippen molar-refractivity contribution in [2.75, 3.05) is 6.54 Å². The highest BCUT2D eigenvalue weighted by molar-refractivity contribution is 6.29. The van der Waals surface area contributed by atoms with Gasteiger partial charge in [0.1, 0.15) is 5.15 Å². The molecule has 2 N–H and O–H groups in total. The maximum absolute atomic E-state index is 12.0. The second-order valence-electron chi connectivity index (χ2n) is 6.14. The molecule has 1 aliphatic rings. The quantitative estimate of drug-likeness (QED) is 0.625. The van der Waals surface area contributed by atoms with Crippen molar-refractivity contribution in [3.8, 4) is 0 Å². The molecule has 0 spiro atoms. The summed E-state index contributed by atoms with van der Waals surface area (Å²) in [6, 6.07) is 13.1. The third-order valence-electron chi connectivity index (χ3n) is 4.38. The van der Waals surface area contributed by atoms with Crippen molar-refractivity contribution in [3.05, 3.63) is 71.0 Å². The number of carbonyl (C=O) groups excluding carboxylic acids is 1. The van der Waals surface area contributed by atoms with Crippen LogP contribution in [0.5, 0.6) is 0 Å². The van der Waals surface area contributed by atoms with Crippen LogP contribution >= 0.6 is 11.6 Å². The summed E-state index contributed by atoms with van der Waals surface area (Å²) in [6.07, 6.45) is 6.03. The molecular formula is C19H19ClN2O2. The molecule has 2 aromatic rings. The SMILES string of the molecule is O=C(/C=C/c1ccc(Cl)nc1)NCC1(C(O)c2ccccc2)CC1. The highest BCUT2D eigenvalue weighted by Gasteiger charge is 2.49. The van der Waals surface area contributed by atoms with Gasteiger partial charge in [0.05, 0.1) is 6.10 Å². The molecule has 1 heterocycles. The van der Waals surface area contributed by atoms with Gasteiger partial charge in [-0.25, -0.2) is 4.98 Å². The molecule has 3 rings (SSSR count). The first-order valence-electron chi connectivity index (χ1n) is 7.90. The predicted octanol–water partition coefficient (Wildman–Crippen LogP) is 3.38. The molecule has 5 heteroatoms. The monoisotopic (exact) mass is 342 g/mol. The van der Waals surface area contributed by atoms with Gasteiger partial charge < -0.3 is 10.4 Å². The fraction of sp³-hybridized carbons (Fsp3) is 0.263. The van der Waals surface area contributed by atoms with Gasteiger partial charge in [-0.3, -0.25) is 4.79 Å². The van der Waals surface area contributed by atoms with E-state index in [1.165, 1.54) is 6.08 Å². The van der Waals surface area contributed by atoms with Crippen molar-refractivity contribution in [2.24, 2.45) is 5.41 Å². The molecule has 0 bridgehead atoms. The fourth-order valence-electron chi connectivity index (χ4n) is 2.68. The van der Waals surface area contributed by atoms with Crippen molar-refractivity contribution < 1.29 is 9.90 Å². The van der Waals surface area contributed by atoms with E-state index in [1.54, 1.807) is 24.4 Å². The van der Waals surface area contributed by atoms with Crippen LogP contribution in [-0.2, 0) is 4.79 Å². The Morgan fingerprint density at radius 2 is 2.04 bits per heavy atom. The molecule has 0 radical (unpaired) electrons. The molecule has 1 amide bonds. The topological polar surface area (TPSA) is 62.2 Å². The molecule has 0 saturated heterocycles. The first-order chi connectivity index (χ1) is 11.6. The average Bonchev–Trinajstić information content (AvgIpc) is 3.41. The van der Waals surface area contributed by atoms with Crippen LogP contribution in [0.3, 0.4) is 0 Å². The molecule has 124 valence electrons. The highest BCUT2D eigenvalue weighted by Crippen LogP contribution is 2.54. The average molecular weight is 343 g/mol.